The molecule has 0 saturated heterocycles. The van der Waals surface area contributed by atoms with Gasteiger partial charge >= 0.3 is 0 Å². The number of aromatic amines is 1. The Kier molecular flexibility index (Phi) is 4.88. The van der Waals surface area contributed by atoms with Crippen LogP contribution in [-0.4, -0.2) is 35.8 Å². The normalized spacial score (nSPS) is 16.5. The van der Waals surface area contributed by atoms with Crippen LogP contribution in [0, 0.1) is 0 Å². The van der Waals surface area contributed by atoms with Gasteiger partial charge in [0, 0.05) is 65.6 Å². The van der Waals surface area contributed by atoms with Crippen molar-refractivity contribution in [2.24, 2.45) is 0 Å². The Morgan fingerprint density at radius 2 is 1.97 bits per heavy atom. The molecule has 1 aliphatic heterocycles. The van der Waals surface area contributed by atoms with Crippen LogP contribution in [0.1, 0.15) is 48.4 Å². The second-order valence-corrected chi connectivity index (χ2v) is 9.11. The van der Waals surface area contributed by atoms with Crippen molar-refractivity contribution in [1.29, 1.82) is 0 Å². The van der Waals surface area contributed by atoms with Gasteiger partial charge < -0.3 is 9.55 Å². The van der Waals surface area contributed by atoms with Gasteiger partial charge in [-0.2, -0.15) is 5.10 Å². The molecule has 6 rings (SSSR count). The summed E-state index contributed by atoms with van der Waals surface area (Å²) in [6.45, 7) is 6.17. The molecule has 4 aromatic heterocycles. The third-order valence-electron chi connectivity index (χ3n) is 6.72. The lowest BCUT2D eigenvalue weighted by Gasteiger charge is -2.35. The predicted octanol–water partition coefficient (Wildman–Crippen LogP) is 5.28. The molecule has 0 bridgehead atoms. The quantitative estimate of drug-likeness (QED) is 0.408. The molecule has 0 spiro atoms. The Bertz CT molecular complexity index is 1390. The summed E-state index contributed by atoms with van der Waals surface area (Å²) in [5.41, 5.74) is 7.52. The van der Waals surface area contributed by atoms with Crippen LogP contribution in [0.25, 0.3) is 16.6 Å². The first-order valence-electron chi connectivity index (χ1n) is 11.6. The van der Waals surface area contributed by atoms with Crippen molar-refractivity contribution in [3.63, 3.8) is 0 Å². The van der Waals surface area contributed by atoms with Crippen LogP contribution in [0.4, 0.5) is 0 Å². The Morgan fingerprint density at radius 1 is 1.06 bits per heavy atom. The monoisotopic (exact) mass is 436 g/mol. The molecule has 6 heteroatoms. The fourth-order valence-corrected chi connectivity index (χ4v) is 5.12. The smallest absolute Gasteiger partial charge is 0.0791 e. The van der Waals surface area contributed by atoms with Gasteiger partial charge in [-0.25, -0.2) is 0 Å². The number of nitrogens with one attached hydrogen (secondary N) is 1. The largest absolute Gasteiger partial charge is 0.357 e. The maximum atomic E-state index is 4.68. The number of pyridine rings is 1. The van der Waals surface area contributed by atoms with Crippen molar-refractivity contribution in [1.82, 2.24) is 29.2 Å². The summed E-state index contributed by atoms with van der Waals surface area (Å²) in [5.74, 6) is 0. The third kappa shape index (κ3) is 3.47. The molecule has 0 fully saturated rings. The molecule has 5 aromatic rings. The van der Waals surface area contributed by atoms with Crippen molar-refractivity contribution in [2.45, 2.75) is 38.9 Å². The highest BCUT2D eigenvalue weighted by Gasteiger charge is 2.33. The van der Waals surface area contributed by atoms with Gasteiger partial charge in [0.05, 0.1) is 24.1 Å². The van der Waals surface area contributed by atoms with E-state index in [2.05, 4.69) is 97.9 Å². The van der Waals surface area contributed by atoms with Crippen LogP contribution in [0.5, 0.6) is 0 Å². The van der Waals surface area contributed by atoms with Gasteiger partial charge in [0.2, 0.25) is 0 Å². The predicted molar refractivity (Wildman–Crippen MR) is 130 cm³/mol. The lowest BCUT2D eigenvalue weighted by atomic mass is 9.93. The van der Waals surface area contributed by atoms with Gasteiger partial charge in [-0.3, -0.25) is 14.6 Å². The SMILES string of the molecule is CC(C)n1cc(C2c3[nH]c4ccccc4c3CCN2Cc2cccn2-c2cccnc2)cn1. The Labute approximate surface area is 193 Å². The van der Waals surface area contributed by atoms with E-state index in [0.29, 0.717) is 6.04 Å². The lowest BCUT2D eigenvalue weighted by Crippen LogP contribution is -2.36. The lowest BCUT2D eigenvalue weighted by molar-refractivity contribution is 0.198. The molecule has 6 nitrogen and oxygen atoms in total. The summed E-state index contributed by atoms with van der Waals surface area (Å²) in [6, 6.07) is 17.5. The molecule has 0 radical (unpaired) electrons. The first-order chi connectivity index (χ1) is 16.2. The summed E-state index contributed by atoms with van der Waals surface area (Å²) in [7, 11) is 0. The van der Waals surface area contributed by atoms with Crippen molar-refractivity contribution >= 4 is 10.9 Å². The van der Waals surface area contributed by atoms with E-state index in [9.17, 15) is 0 Å². The summed E-state index contributed by atoms with van der Waals surface area (Å²) >= 11 is 0. The number of hydrogen-bond donors (Lipinski definition) is 1. The van der Waals surface area contributed by atoms with E-state index in [0.717, 1.165) is 25.2 Å². The van der Waals surface area contributed by atoms with Crippen molar-refractivity contribution < 1.29 is 0 Å². The number of hydrogen-bond acceptors (Lipinski definition) is 3. The number of nitrogens with zero attached hydrogens (tertiary/aromatic N) is 5. The zero-order valence-electron chi connectivity index (χ0n) is 19.0. The molecular formula is C27H28N6. The number of aromatic nitrogens is 5. The van der Waals surface area contributed by atoms with Crippen LogP contribution in [-0.2, 0) is 13.0 Å². The summed E-state index contributed by atoms with van der Waals surface area (Å²) in [4.78, 5) is 10.6. The average molecular weight is 437 g/mol. The standard InChI is InChI=1S/C27H28N6/c1-19(2)33-17-20(15-29-33)27-26-24(23-9-3-4-10-25(23)30-26)11-14-31(27)18-22-8-6-13-32(22)21-7-5-12-28-16-21/h3-10,12-13,15-17,19,27,30H,11,14,18H2,1-2H3. The number of rotatable bonds is 5. The van der Waals surface area contributed by atoms with E-state index >= 15 is 0 Å². The zero-order valence-corrected chi connectivity index (χ0v) is 19.0. The number of fused-ring (bicyclic) bond motifs is 3. The van der Waals surface area contributed by atoms with Gasteiger partial charge in [-0.05, 0) is 56.2 Å². The molecule has 166 valence electrons. The molecule has 5 heterocycles. The van der Waals surface area contributed by atoms with Gasteiger partial charge in [0.15, 0.2) is 0 Å². The van der Waals surface area contributed by atoms with Gasteiger partial charge in [-0.15, -0.1) is 0 Å². The topological polar surface area (TPSA) is 54.7 Å². The van der Waals surface area contributed by atoms with Crippen LogP contribution in [0.2, 0.25) is 0 Å². The molecule has 1 aliphatic rings. The van der Waals surface area contributed by atoms with Crippen molar-refractivity contribution in [2.75, 3.05) is 6.54 Å². The average Bonchev–Trinajstić information content (AvgIpc) is 3.58. The van der Waals surface area contributed by atoms with E-state index < -0.39 is 0 Å². The fourth-order valence-electron chi connectivity index (χ4n) is 5.12. The maximum Gasteiger partial charge on any atom is 0.0791 e. The maximum absolute atomic E-state index is 4.68. The van der Waals surface area contributed by atoms with E-state index in [-0.39, 0.29) is 6.04 Å². The molecule has 1 N–H and O–H groups in total. The number of H-pyrrole nitrogens is 1. The molecule has 33 heavy (non-hydrogen) atoms. The third-order valence-corrected chi connectivity index (χ3v) is 6.72. The summed E-state index contributed by atoms with van der Waals surface area (Å²) in [6.07, 6.45) is 11.1. The van der Waals surface area contributed by atoms with E-state index in [4.69, 9.17) is 0 Å². The van der Waals surface area contributed by atoms with Crippen LogP contribution < -0.4 is 0 Å². The highest BCUT2D eigenvalue weighted by molar-refractivity contribution is 5.85. The minimum absolute atomic E-state index is 0.130. The minimum Gasteiger partial charge on any atom is -0.357 e. The number of para-hydroxylation sites is 1. The number of benzene rings is 1. The highest BCUT2D eigenvalue weighted by atomic mass is 15.3. The molecular weight excluding hydrogens is 408 g/mol. The highest BCUT2D eigenvalue weighted by Crippen LogP contribution is 2.39. The van der Waals surface area contributed by atoms with E-state index in [1.165, 1.54) is 33.4 Å². The molecule has 0 saturated carbocycles. The zero-order chi connectivity index (χ0) is 22.4. The van der Waals surface area contributed by atoms with Crippen molar-refractivity contribution in [3.8, 4) is 5.69 Å². The molecule has 0 amide bonds. The molecule has 1 unspecified atom stereocenters. The Balaban J connectivity index is 1.43. The second kappa shape index (κ2) is 8.05. The van der Waals surface area contributed by atoms with E-state index in [1.807, 2.05) is 24.7 Å². The van der Waals surface area contributed by atoms with Gasteiger partial charge in [-0.1, -0.05) is 18.2 Å². The molecule has 1 atom stereocenters. The summed E-state index contributed by atoms with van der Waals surface area (Å²) in [5, 5.41) is 6.02. The van der Waals surface area contributed by atoms with Crippen LogP contribution in [0.3, 0.4) is 0 Å². The van der Waals surface area contributed by atoms with Crippen LogP contribution >= 0.6 is 0 Å². The Hall–Kier alpha value is -3.64. The summed E-state index contributed by atoms with van der Waals surface area (Å²) < 4.78 is 4.30. The Morgan fingerprint density at radius 3 is 2.79 bits per heavy atom. The second-order valence-electron chi connectivity index (χ2n) is 9.11. The first kappa shape index (κ1) is 20.0. The molecule has 0 aliphatic carbocycles. The van der Waals surface area contributed by atoms with Gasteiger partial charge in [0.1, 0.15) is 0 Å². The minimum atomic E-state index is 0.130. The fraction of sp³-hybridized carbons (Fsp3) is 0.259. The first-order valence-corrected chi connectivity index (χ1v) is 11.6. The molecule has 1 aromatic carbocycles. The van der Waals surface area contributed by atoms with Crippen LogP contribution in [0.15, 0.2) is 79.5 Å². The van der Waals surface area contributed by atoms with E-state index in [1.54, 1.807) is 0 Å². The van der Waals surface area contributed by atoms with Gasteiger partial charge in [0.25, 0.3) is 0 Å². The van der Waals surface area contributed by atoms with Crippen molar-refractivity contribution in [3.05, 3.63) is 102 Å².